The molecule has 0 radical (unpaired) electrons. The first kappa shape index (κ1) is 22.9. The van der Waals surface area contributed by atoms with E-state index in [4.69, 9.17) is 0 Å². The fourth-order valence-corrected chi connectivity index (χ4v) is 4.95. The topological polar surface area (TPSA) is 0 Å². The lowest BCUT2D eigenvalue weighted by molar-refractivity contribution is 1.17. The molecule has 2 atom stereocenters. The summed E-state index contributed by atoms with van der Waals surface area (Å²) in [5.41, 5.74) is 7.66. The third-order valence-corrected chi connectivity index (χ3v) is 7.08. The van der Waals surface area contributed by atoms with Gasteiger partial charge >= 0.3 is 0 Å². The number of benzene rings is 4. The van der Waals surface area contributed by atoms with E-state index in [1.807, 2.05) is 11.8 Å². The molecule has 4 rings (SSSR count). The number of rotatable bonds is 8. The molecule has 0 heterocycles. The van der Waals surface area contributed by atoms with Crippen LogP contribution in [0.2, 0.25) is 0 Å². The zero-order valence-electron chi connectivity index (χ0n) is 19.3. The van der Waals surface area contributed by atoms with Gasteiger partial charge in [-0.2, -0.15) is 0 Å². The standard InChI is InChI=1S/C32H30S/c1-25-13-17-27(18-14-25)21-23-31(29-9-5-3-6-10-29)33-32(30-11-7-4-8-12-30)24-22-28-19-15-26(2)16-20-28/h3-24,31-32H,1-2H3. The van der Waals surface area contributed by atoms with Gasteiger partial charge in [0.25, 0.3) is 0 Å². The van der Waals surface area contributed by atoms with E-state index in [0.717, 1.165) is 0 Å². The molecule has 4 aromatic carbocycles. The third-order valence-electron chi connectivity index (χ3n) is 5.63. The van der Waals surface area contributed by atoms with Gasteiger partial charge in [0.05, 0.1) is 0 Å². The summed E-state index contributed by atoms with van der Waals surface area (Å²) >= 11 is 1.97. The van der Waals surface area contributed by atoms with Gasteiger partial charge in [-0.1, -0.05) is 145 Å². The zero-order chi connectivity index (χ0) is 22.9. The molecule has 0 amide bonds. The molecule has 33 heavy (non-hydrogen) atoms. The van der Waals surface area contributed by atoms with Crippen molar-refractivity contribution < 1.29 is 0 Å². The van der Waals surface area contributed by atoms with Gasteiger partial charge in [-0.3, -0.25) is 0 Å². The van der Waals surface area contributed by atoms with Crippen molar-refractivity contribution in [3.63, 3.8) is 0 Å². The number of aryl methyl sites for hydroxylation is 2. The van der Waals surface area contributed by atoms with Crippen molar-refractivity contribution in [1.82, 2.24) is 0 Å². The van der Waals surface area contributed by atoms with Crippen molar-refractivity contribution in [3.05, 3.63) is 155 Å². The minimum atomic E-state index is 0.236. The third kappa shape index (κ3) is 6.84. The Labute approximate surface area is 202 Å². The van der Waals surface area contributed by atoms with Gasteiger partial charge in [-0.25, -0.2) is 0 Å². The van der Waals surface area contributed by atoms with Gasteiger partial charge in [0.1, 0.15) is 0 Å². The average Bonchev–Trinajstić information content (AvgIpc) is 2.87. The van der Waals surface area contributed by atoms with Gasteiger partial charge in [-0.05, 0) is 36.1 Å². The first-order valence-corrected chi connectivity index (χ1v) is 12.4. The van der Waals surface area contributed by atoms with Gasteiger partial charge in [0, 0.05) is 10.5 Å². The summed E-state index contributed by atoms with van der Waals surface area (Å²) in [5, 5.41) is 0.473. The highest BCUT2D eigenvalue weighted by Crippen LogP contribution is 2.42. The summed E-state index contributed by atoms with van der Waals surface area (Å²) in [6, 6.07) is 39.0. The van der Waals surface area contributed by atoms with Crippen LogP contribution in [-0.2, 0) is 0 Å². The summed E-state index contributed by atoms with van der Waals surface area (Å²) < 4.78 is 0. The van der Waals surface area contributed by atoms with E-state index < -0.39 is 0 Å². The second-order valence-corrected chi connectivity index (χ2v) is 9.63. The molecule has 0 aliphatic heterocycles. The molecule has 0 saturated heterocycles. The predicted molar refractivity (Wildman–Crippen MR) is 146 cm³/mol. The Morgan fingerprint density at radius 3 is 1.21 bits per heavy atom. The monoisotopic (exact) mass is 446 g/mol. The van der Waals surface area contributed by atoms with E-state index in [1.165, 1.54) is 33.4 Å². The minimum Gasteiger partial charge on any atom is -0.137 e. The second kappa shape index (κ2) is 11.5. The molecule has 0 fully saturated rings. The van der Waals surface area contributed by atoms with E-state index in [1.54, 1.807) is 0 Å². The van der Waals surface area contributed by atoms with Crippen molar-refractivity contribution in [2.45, 2.75) is 24.3 Å². The van der Waals surface area contributed by atoms with Crippen LogP contribution in [0.1, 0.15) is 43.9 Å². The quantitative estimate of drug-likeness (QED) is 0.260. The molecule has 1 heteroatoms. The van der Waals surface area contributed by atoms with Crippen molar-refractivity contribution in [2.75, 3.05) is 0 Å². The number of hydrogen-bond donors (Lipinski definition) is 0. The maximum absolute atomic E-state index is 2.33. The van der Waals surface area contributed by atoms with Crippen LogP contribution < -0.4 is 0 Å². The van der Waals surface area contributed by atoms with E-state index >= 15 is 0 Å². The molecule has 0 nitrogen and oxygen atoms in total. The van der Waals surface area contributed by atoms with Crippen LogP contribution >= 0.6 is 11.8 Å². The Morgan fingerprint density at radius 2 is 0.848 bits per heavy atom. The smallest absolute Gasteiger partial charge is 0.0489 e. The molecule has 0 aromatic heterocycles. The van der Waals surface area contributed by atoms with Crippen molar-refractivity contribution >= 4 is 23.9 Å². The molecular weight excluding hydrogens is 416 g/mol. The van der Waals surface area contributed by atoms with Gasteiger partial charge in [-0.15, -0.1) is 11.8 Å². The predicted octanol–water partition coefficient (Wildman–Crippen LogP) is 9.25. The van der Waals surface area contributed by atoms with E-state index in [0.29, 0.717) is 0 Å². The lowest BCUT2D eigenvalue weighted by Crippen LogP contribution is -1.97. The molecule has 0 aliphatic rings. The van der Waals surface area contributed by atoms with Gasteiger partial charge < -0.3 is 0 Å². The van der Waals surface area contributed by atoms with Crippen LogP contribution in [-0.4, -0.2) is 0 Å². The fraction of sp³-hybridized carbons (Fsp3) is 0.125. The SMILES string of the molecule is Cc1ccc(C=CC(SC(C=Cc2ccc(C)cc2)c2ccccc2)c2ccccc2)cc1. The Balaban J connectivity index is 1.64. The molecule has 0 N–H and O–H groups in total. The van der Waals surface area contributed by atoms with Crippen LogP contribution in [0.5, 0.6) is 0 Å². The average molecular weight is 447 g/mol. The summed E-state index contributed by atoms with van der Waals surface area (Å²) in [6.45, 7) is 4.25. The lowest BCUT2D eigenvalue weighted by atomic mass is 10.1. The van der Waals surface area contributed by atoms with Gasteiger partial charge in [0.2, 0.25) is 0 Å². The van der Waals surface area contributed by atoms with Gasteiger partial charge in [0.15, 0.2) is 0 Å². The fourth-order valence-electron chi connectivity index (χ4n) is 3.67. The van der Waals surface area contributed by atoms with E-state index in [9.17, 15) is 0 Å². The molecule has 0 bridgehead atoms. The van der Waals surface area contributed by atoms with Crippen LogP contribution in [0.25, 0.3) is 12.2 Å². The highest BCUT2D eigenvalue weighted by Gasteiger charge is 2.16. The van der Waals surface area contributed by atoms with Crippen LogP contribution in [0.3, 0.4) is 0 Å². The normalized spacial score (nSPS) is 13.4. The van der Waals surface area contributed by atoms with Crippen molar-refractivity contribution in [3.8, 4) is 0 Å². The Bertz CT molecular complexity index is 1070. The molecule has 2 unspecified atom stereocenters. The molecule has 0 saturated carbocycles. The Hall–Kier alpha value is -3.29. The maximum atomic E-state index is 2.33. The molecule has 0 spiro atoms. The van der Waals surface area contributed by atoms with Crippen molar-refractivity contribution in [1.29, 1.82) is 0 Å². The van der Waals surface area contributed by atoms with Crippen LogP contribution in [0.4, 0.5) is 0 Å². The first-order valence-electron chi connectivity index (χ1n) is 11.4. The summed E-state index contributed by atoms with van der Waals surface area (Å²) in [4.78, 5) is 0. The highest BCUT2D eigenvalue weighted by molar-refractivity contribution is 8.00. The van der Waals surface area contributed by atoms with Crippen LogP contribution in [0, 0.1) is 13.8 Å². The van der Waals surface area contributed by atoms with Crippen LogP contribution in [0.15, 0.2) is 121 Å². The first-order chi connectivity index (χ1) is 16.2. The molecular formula is C32H30S. The molecule has 4 aromatic rings. The lowest BCUT2D eigenvalue weighted by Gasteiger charge is -2.20. The largest absolute Gasteiger partial charge is 0.137 e. The van der Waals surface area contributed by atoms with E-state index in [-0.39, 0.29) is 10.5 Å². The number of thioether (sulfide) groups is 1. The van der Waals surface area contributed by atoms with E-state index in [2.05, 4.69) is 147 Å². The Morgan fingerprint density at radius 1 is 0.485 bits per heavy atom. The highest BCUT2D eigenvalue weighted by atomic mass is 32.2. The maximum Gasteiger partial charge on any atom is 0.0489 e. The zero-order valence-corrected chi connectivity index (χ0v) is 20.1. The summed E-state index contributed by atoms with van der Waals surface area (Å²) in [6.07, 6.45) is 9.16. The second-order valence-electron chi connectivity index (χ2n) is 8.34. The molecule has 164 valence electrons. The minimum absolute atomic E-state index is 0.236. The van der Waals surface area contributed by atoms with Crippen molar-refractivity contribution in [2.24, 2.45) is 0 Å². The summed E-state index contributed by atoms with van der Waals surface area (Å²) in [5.74, 6) is 0. The Kier molecular flexibility index (Phi) is 8.00. The molecule has 0 aliphatic carbocycles. The number of hydrogen-bond acceptors (Lipinski definition) is 1. The summed E-state index contributed by atoms with van der Waals surface area (Å²) in [7, 11) is 0.